The molecule has 142 valence electrons. The van der Waals surface area contributed by atoms with Gasteiger partial charge in [0.05, 0.1) is 16.9 Å². The number of esters is 1. The predicted octanol–water partition coefficient (Wildman–Crippen LogP) is 2.53. The van der Waals surface area contributed by atoms with E-state index < -0.39 is 10.9 Å². The van der Waals surface area contributed by atoms with Crippen LogP contribution in [0.15, 0.2) is 0 Å². The second-order valence-electron chi connectivity index (χ2n) is 5.92. The summed E-state index contributed by atoms with van der Waals surface area (Å²) in [7, 11) is 0. The Kier molecular flexibility index (Phi) is 4.79. The maximum Gasteiger partial charge on any atom is 0.348 e. The van der Waals surface area contributed by atoms with Crippen LogP contribution in [-0.4, -0.2) is 37.2 Å². The summed E-state index contributed by atoms with van der Waals surface area (Å²) in [4.78, 5) is 32.5. The Bertz CT molecular complexity index is 1070. The van der Waals surface area contributed by atoms with Gasteiger partial charge in [-0.3, -0.25) is 14.8 Å². The molecular weight excluding hydrogens is 372 g/mol. The Morgan fingerprint density at radius 1 is 1.33 bits per heavy atom. The molecule has 0 bridgehead atoms. The monoisotopic (exact) mass is 390 g/mol. The maximum absolute atomic E-state index is 12.1. The molecule has 0 unspecified atom stereocenters. The first kappa shape index (κ1) is 18.7. The fourth-order valence-electron chi connectivity index (χ4n) is 2.92. The Morgan fingerprint density at radius 3 is 2.63 bits per heavy atom. The zero-order valence-corrected chi connectivity index (χ0v) is 16.1. The lowest BCUT2D eigenvalue weighted by Crippen LogP contribution is -2.09. The Morgan fingerprint density at radius 2 is 2.04 bits per heavy atom. The van der Waals surface area contributed by atoms with Crippen LogP contribution in [0.2, 0.25) is 0 Å². The lowest BCUT2D eigenvalue weighted by Gasteiger charge is -2.05. The van der Waals surface area contributed by atoms with Crippen LogP contribution in [-0.2, 0) is 11.3 Å². The van der Waals surface area contributed by atoms with E-state index in [9.17, 15) is 14.9 Å². The lowest BCUT2D eigenvalue weighted by atomic mass is 10.2. The molecule has 10 nitrogen and oxygen atoms in total. The highest BCUT2D eigenvalue weighted by Crippen LogP contribution is 2.33. The number of anilines is 1. The molecule has 0 spiro atoms. The molecule has 0 radical (unpaired) electrons. The normalized spacial score (nSPS) is 11.1. The average molecular weight is 390 g/mol. The Labute approximate surface area is 158 Å². The second-order valence-corrected chi connectivity index (χ2v) is 6.92. The van der Waals surface area contributed by atoms with Gasteiger partial charge in [0, 0.05) is 0 Å². The summed E-state index contributed by atoms with van der Waals surface area (Å²) in [5.41, 5.74) is 7.47. The van der Waals surface area contributed by atoms with Crippen LogP contribution < -0.4 is 5.73 Å². The second kappa shape index (κ2) is 6.91. The third-order valence-electron chi connectivity index (χ3n) is 4.14. The number of nitrogen functional groups attached to an aromatic ring is 1. The van der Waals surface area contributed by atoms with E-state index in [4.69, 9.17) is 10.5 Å². The minimum absolute atomic E-state index is 0.0272. The third kappa shape index (κ3) is 3.21. The molecule has 0 amide bonds. The summed E-state index contributed by atoms with van der Waals surface area (Å²) in [5, 5.41) is 16.0. The lowest BCUT2D eigenvalue weighted by molar-refractivity contribution is -0.386. The number of carbonyl (C=O) groups excluding carboxylic acids is 1. The number of ether oxygens (including phenoxy) is 1. The Balaban J connectivity index is 2.03. The number of nitrogens with zero attached hydrogens (tertiary/aromatic N) is 5. The molecule has 0 aromatic carbocycles. The van der Waals surface area contributed by atoms with Crippen molar-refractivity contribution in [1.82, 2.24) is 19.7 Å². The molecule has 0 aliphatic carbocycles. The number of aryl methyl sites for hydroxylation is 2. The van der Waals surface area contributed by atoms with Crippen molar-refractivity contribution in [3.63, 3.8) is 0 Å². The van der Waals surface area contributed by atoms with Gasteiger partial charge in [0.25, 0.3) is 0 Å². The van der Waals surface area contributed by atoms with Crippen LogP contribution in [0.5, 0.6) is 0 Å². The van der Waals surface area contributed by atoms with E-state index in [0.717, 1.165) is 0 Å². The summed E-state index contributed by atoms with van der Waals surface area (Å²) in [6, 6.07) is 0. The number of hydrogen-bond acceptors (Lipinski definition) is 9. The summed E-state index contributed by atoms with van der Waals surface area (Å²) in [6.45, 7) is 7.11. The maximum atomic E-state index is 12.1. The predicted molar refractivity (Wildman–Crippen MR) is 100.0 cm³/mol. The van der Waals surface area contributed by atoms with Crippen molar-refractivity contribution in [2.45, 2.75) is 34.2 Å². The Hall–Kier alpha value is -3.08. The minimum atomic E-state index is -0.458. The van der Waals surface area contributed by atoms with E-state index in [2.05, 4.69) is 15.1 Å². The van der Waals surface area contributed by atoms with E-state index in [-0.39, 0.29) is 24.7 Å². The van der Waals surface area contributed by atoms with Crippen LogP contribution >= 0.6 is 11.3 Å². The van der Waals surface area contributed by atoms with Gasteiger partial charge in [-0.05, 0) is 33.3 Å². The molecule has 3 rings (SSSR count). The minimum Gasteiger partial charge on any atom is -0.462 e. The summed E-state index contributed by atoms with van der Waals surface area (Å²) < 4.78 is 6.54. The van der Waals surface area contributed by atoms with Gasteiger partial charge in [0.15, 0.2) is 5.82 Å². The van der Waals surface area contributed by atoms with Crippen molar-refractivity contribution < 1.29 is 14.5 Å². The first-order chi connectivity index (χ1) is 12.7. The summed E-state index contributed by atoms with van der Waals surface area (Å²) in [6.07, 6.45) is 0. The molecule has 3 aromatic heterocycles. The zero-order chi connectivity index (χ0) is 19.9. The average Bonchev–Trinajstić information content (AvgIpc) is 3.05. The molecule has 3 heterocycles. The standard InChI is InChI=1S/C16H18N6O4S/c1-5-26-16(23)13-7(2)11-14(17)18-10(19-15(11)27-13)6-21-9(4)12(22(24)25)8(3)20-21/h5-6H2,1-4H3,(H2,17,18,19). The molecular formula is C16H18N6O4S. The number of fused-ring (bicyclic) bond motifs is 1. The number of nitrogens with two attached hydrogens (primary N) is 1. The molecule has 0 saturated carbocycles. The molecule has 0 atom stereocenters. The van der Waals surface area contributed by atoms with Crippen molar-refractivity contribution in [1.29, 1.82) is 0 Å². The van der Waals surface area contributed by atoms with Gasteiger partial charge in [-0.2, -0.15) is 5.10 Å². The van der Waals surface area contributed by atoms with Crippen LogP contribution in [0.4, 0.5) is 11.5 Å². The molecule has 0 saturated heterocycles. The van der Waals surface area contributed by atoms with E-state index >= 15 is 0 Å². The van der Waals surface area contributed by atoms with Crippen LogP contribution in [0.1, 0.15) is 39.4 Å². The molecule has 27 heavy (non-hydrogen) atoms. The van der Waals surface area contributed by atoms with E-state index in [0.29, 0.717) is 37.9 Å². The van der Waals surface area contributed by atoms with Gasteiger partial charge in [-0.15, -0.1) is 11.3 Å². The smallest absolute Gasteiger partial charge is 0.348 e. The van der Waals surface area contributed by atoms with Crippen LogP contribution in [0.25, 0.3) is 10.2 Å². The van der Waals surface area contributed by atoms with Crippen molar-refractivity contribution >= 4 is 39.0 Å². The van der Waals surface area contributed by atoms with Gasteiger partial charge in [0.2, 0.25) is 0 Å². The first-order valence-electron chi connectivity index (χ1n) is 8.15. The van der Waals surface area contributed by atoms with Gasteiger partial charge in [-0.1, -0.05) is 0 Å². The zero-order valence-electron chi connectivity index (χ0n) is 15.3. The van der Waals surface area contributed by atoms with Crippen LogP contribution in [0, 0.1) is 30.9 Å². The van der Waals surface area contributed by atoms with Gasteiger partial charge >= 0.3 is 11.7 Å². The number of thiophene rings is 1. The van der Waals surface area contributed by atoms with Gasteiger partial charge in [0.1, 0.15) is 33.5 Å². The molecule has 3 aromatic rings. The number of carbonyl (C=O) groups is 1. The van der Waals surface area contributed by atoms with Crippen molar-refractivity contribution in [2.24, 2.45) is 0 Å². The third-order valence-corrected chi connectivity index (χ3v) is 5.31. The number of nitro groups is 1. The van der Waals surface area contributed by atoms with Crippen LogP contribution in [0.3, 0.4) is 0 Å². The first-order valence-corrected chi connectivity index (χ1v) is 8.97. The SMILES string of the molecule is CCOC(=O)c1sc2nc(Cn3nc(C)c([N+](=O)[O-])c3C)nc(N)c2c1C. The van der Waals surface area contributed by atoms with Crippen molar-refractivity contribution in [2.75, 3.05) is 12.3 Å². The van der Waals surface area contributed by atoms with E-state index in [1.807, 2.05) is 0 Å². The fourth-order valence-corrected chi connectivity index (χ4v) is 4.02. The summed E-state index contributed by atoms with van der Waals surface area (Å²) >= 11 is 1.18. The largest absolute Gasteiger partial charge is 0.462 e. The molecule has 11 heteroatoms. The number of aromatic nitrogens is 4. The van der Waals surface area contributed by atoms with Gasteiger partial charge in [-0.25, -0.2) is 14.8 Å². The highest BCUT2D eigenvalue weighted by Gasteiger charge is 2.24. The summed E-state index contributed by atoms with van der Waals surface area (Å²) in [5.74, 6) is 0.181. The highest BCUT2D eigenvalue weighted by atomic mass is 32.1. The van der Waals surface area contributed by atoms with Gasteiger partial charge < -0.3 is 10.5 Å². The molecule has 2 N–H and O–H groups in total. The topological polar surface area (TPSA) is 139 Å². The number of hydrogen-bond donors (Lipinski definition) is 1. The quantitative estimate of drug-likeness (QED) is 0.398. The van der Waals surface area contributed by atoms with E-state index in [1.165, 1.54) is 16.0 Å². The van der Waals surface area contributed by atoms with Crippen molar-refractivity contribution in [3.05, 3.63) is 37.8 Å². The fraction of sp³-hybridized carbons (Fsp3) is 0.375. The van der Waals surface area contributed by atoms with E-state index in [1.54, 1.807) is 27.7 Å². The molecule has 0 aliphatic heterocycles. The number of rotatable bonds is 5. The molecule has 0 fully saturated rings. The molecule has 0 aliphatic rings. The highest BCUT2D eigenvalue weighted by molar-refractivity contribution is 7.20. The van der Waals surface area contributed by atoms with Crippen molar-refractivity contribution in [3.8, 4) is 0 Å².